The van der Waals surface area contributed by atoms with Gasteiger partial charge in [-0.3, -0.25) is 9.59 Å². The Bertz CT molecular complexity index is 1100. The third-order valence-corrected chi connectivity index (χ3v) is 7.75. The topological polar surface area (TPSA) is 61.9 Å². The van der Waals surface area contributed by atoms with E-state index < -0.39 is 6.10 Å². The van der Waals surface area contributed by atoms with Crippen LogP contribution in [-0.2, 0) is 16.0 Å². The quantitative estimate of drug-likeness (QED) is 0.659. The van der Waals surface area contributed by atoms with Gasteiger partial charge in [0.1, 0.15) is 5.75 Å². The summed E-state index contributed by atoms with van der Waals surface area (Å²) < 4.78 is 5.88. The fourth-order valence-corrected chi connectivity index (χ4v) is 6.11. The number of fused-ring (bicyclic) bond motifs is 2. The molecular weight excluding hydrogens is 430 g/mol. The molecule has 2 aromatic heterocycles. The molecule has 5 rings (SSSR count). The average molecular weight is 454 g/mol. The van der Waals surface area contributed by atoms with Gasteiger partial charge in [-0.05, 0) is 47.0 Å². The largest absolute Gasteiger partial charge is 0.477 e. The molecule has 2 aliphatic heterocycles. The monoisotopic (exact) mass is 453 g/mol. The van der Waals surface area contributed by atoms with Crippen molar-refractivity contribution in [2.24, 2.45) is 0 Å². The molecule has 1 aromatic carbocycles. The van der Waals surface area contributed by atoms with E-state index in [1.165, 1.54) is 15.3 Å². The van der Waals surface area contributed by atoms with Gasteiger partial charge < -0.3 is 19.9 Å². The number of nitrogens with zero attached hydrogens (tertiary/aromatic N) is 2. The third-order valence-electron chi connectivity index (χ3n) is 5.83. The number of para-hydroxylation sites is 2. The van der Waals surface area contributed by atoms with Crippen LogP contribution in [0.4, 0.5) is 5.69 Å². The van der Waals surface area contributed by atoms with Crippen LogP contribution in [0.15, 0.2) is 53.2 Å². The van der Waals surface area contributed by atoms with Gasteiger partial charge in [-0.2, -0.15) is 0 Å². The van der Waals surface area contributed by atoms with E-state index >= 15 is 0 Å². The summed E-state index contributed by atoms with van der Waals surface area (Å²) in [4.78, 5) is 32.4. The van der Waals surface area contributed by atoms with Crippen LogP contribution in [0.5, 0.6) is 5.75 Å². The molecule has 1 N–H and O–H groups in total. The Morgan fingerprint density at radius 2 is 2.00 bits per heavy atom. The van der Waals surface area contributed by atoms with Gasteiger partial charge in [0.25, 0.3) is 5.91 Å². The Morgan fingerprint density at radius 1 is 1.13 bits per heavy atom. The van der Waals surface area contributed by atoms with Crippen LogP contribution >= 0.6 is 22.7 Å². The highest BCUT2D eigenvalue weighted by molar-refractivity contribution is 7.10. The molecule has 0 spiro atoms. The zero-order valence-electron chi connectivity index (χ0n) is 17.1. The lowest BCUT2D eigenvalue weighted by atomic mass is 9.98. The van der Waals surface area contributed by atoms with Crippen LogP contribution < -0.4 is 15.0 Å². The second-order valence-corrected chi connectivity index (χ2v) is 9.60. The van der Waals surface area contributed by atoms with Gasteiger partial charge in [-0.25, -0.2) is 0 Å². The molecule has 2 aliphatic rings. The molecule has 31 heavy (non-hydrogen) atoms. The number of thiophene rings is 2. The van der Waals surface area contributed by atoms with Crippen LogP contribution in [0.1, 0.15) is 21.4 Å². The number of carbonyl (C=O) groups excluding carboxylic acids is 2. The molecule has 4 heterocycles. The van der Waals surface area contributed by atoms with Crippen LogP contribution in [0.2, 0.25) is 0 Å². The minimum Gasteiger partial charge on any atom is -0.477 e. The summed E-state index contributed by atoms with van der Waals surface area (Å²) in [5.74, 6) is 0.496. The zero-order chi connectivity index (χ0) is 21.4. The fraction of sp³-hybridized carbons (Fsp3) is 0.304. The number of amides is 2. The van der Waals surface area contributed by atoms with Crippen LogP contribution in [0.3, 0.4) is 0 Å². The van der Waals surface area contributed by atoms with Crippen molar-refractivity contribution < 1.29 is 14.3 Å². The first-order valence-electron chi connectivity index (χ1n) is 10.3. The van der Waals surface area contributed by atoms with Crippen LogP contribution in [0, 0.1) is 0 Å². The van der Waals surface area contributed by atoms with Gasteiger partial charge in [0.15, 0.2) is 6.10 Å². The maximum Gasteiger partial charge on any atom is 0.262 e. The van der Waals surface area contributed by atoms with E-state index in [9.17, 15) is 9.59 Å². The molecule has 0 fully saturated rings. The van der Waals surface area contributed by atoms with Crippen molar-refractivity contribution in [2.45, 2.75) is 18.6 Å². The Balaban J connectivity index is 1.43. The fourth-order valence-electron chi connectivity index (χ4n) is 4.35. The first-order chi connectivity index (χ1) is 15.2. The SMILES string of the molecule is CNC(=O)C1CN(CC(=O)N2CCc3sccc3C2c2cccs2)c2ccccc2O1. The molecule has 2 unspecified atom stereocenters. The number of anilines is 1. The highest BCUT2D eigenvalue weighted by atomic mass is 32.1. The molecule has 0 aliphatic carbocycles. The molecule has 2 amide bonds. The minimum absolute atomic E-state index is 0.0477. The molecule has 0 radical (unpaired) electrons. The smallest absolute Gasteiger partial charge is 0.262 e. The molecule has 0 saturated carbocycles. The van der Waals surface area contributed by atoms with Gasteiger partial charge in [0.2, 0.25) is 5.91 Å². The van der Waals surface area contributed by atoms with Crippen molar-refractivity contribution in [1.29, 1.82) is 0 Å². The van der Waals surface area contributed by atoms with Gasteiger partial charge >= 0.3 is 0 Å². The van der Waals surface area contributed by atoms with E-state index in [2.05, 4.69) is 28.2 Å². The summed E-state index contributed by atoms with van der Waals surface area (Å²) in [6.45, 7) is 1.23. The number of likely N-dealkylation sites (N-methyl/N-ethyl adjacent to an activating group) is 1. The van der Waals surface area contributed by atoms with Crippen molar-refractivity contribution in [2.75, 3.05) is 31.6 Å². The molecule has 3 aromatic rings. The van der Waals surface area contributed by atoms with Gasteiger partial charge in [-0.1, -0.05) is 18.2 Å². The van der Waals surface area contributed by atoms with Crippen LogP contribution in [0.25, 0.3) is 0 Å². The van der Waals surface area contributed by atoms with Gasteiger partial charge in [0, 0.05) is 23.3 Å². The number of rotatable bonds is 4. The normalized spacial score (nSPS) is 19.9. The van der Waals surface area contributed by atoms with Crippen molar-refractivity contribution >= 4 is 40.2 Å². The minimum atomic E-state index is -0.648. The van der Waals surface area contributed by atoms with Gasteiger partial charge in [-0.15, -0.1) is 22.7 Å². The van der Waals surface area contributed by atoms with Crippen molar-refractivity contribution in [3.63, 3.8) is 0 Å². The number of hydrogen-bond donors (Lipinski definition) is 1. The van der Waals surface area contributed by atoms with E-state index in [-0.39, 0.29) is 24.4 Å². The maximum atomic E-state index is 13.6. The van der Waals surface area contributed by atoms with E-state index in [1.54, 1.807) is 29.7 Å². The summed E-state index contributed by atoms with van der Waals surface area (Å²) in [5, 5.41) is 6.83. The second kappa shape index (κ2) is 8.36. The summed E-state index contributed by atoms with van der Waals surface area (Å²) in [6, 6.07) is 13.8. The van der Waals surface area contributed by atoms with Crippen molar-refractivity contribution in [1.82, 2.24) is 10.2 Å². The summed E-state index contributed by atoms with van der Waals surface area (Å²) >= 11 is 3.45. The number of benzene rings is 1. The second-order valence-electron chi connectivity index (χ2n) is 7.62. The standard InChI is InChI=1S/C23H23N3O3S2/c1-24-23(28)18-13-25(16-5-2-3-6-17(16)29-18)14-21(27)26-10-8-19-15(9-12-31-19)22(26)20-7-4-11-30-20/h2-7,9,11-12,18,22H,8,10,13-14H2,1H3,(H,24,28). The Hall–Kier alpha value is -2.84. The molecule has 160 valence electrons. The van der Waals surface area contributed by atoms with E-state index in [4.69, 9.17) is 4.74 Å². The highest BCUT2D eigenvalue weighted by Crippen LogP contribution is 2.40. The van der Waals surface area contributed by atoms with Crippen molar-refractivity contribution in [3.05, 3.63) is 68.5 Å². The first-order valence-corrected chi connectivity index (χ1v) is 12.0. The molecule has 8 heteroatoms. The number of nitrogens with one attached hydrogen (secondary N) is 1. The first kappa shape index (κ1) is 20.1. The van der Waals surface area contributed by atoms with E-state index in [0.29, 0.717) is 18.8 Å². The zero-order valence-corrected chi connectivity index (χ0v) is 18.7. The Kier molecular flexibility index (Phi) is 5.41. The Morgan fingerprint density at radius 3 is 2.81 bits per heavy atom. The average Bonchev–Trinajstić information content (AvgIpc) is 3.49. The number of carbonyl (C=O) groups is 2. The van der Waals surface area contributed by atoms with Crippen LogP contribution in [-0.4, -0.2) is 49.5 Å². The molecule has 0 bridgehead atoms. The summed E-state index contributed by atoms with van der Waals surface area (Å²) in [6.07, 6.45) is 0.229. The van der Waals surface area contributed by atoms with E-state index in [1.807, 2.05) is 40.1 Å². The summed E-state index contributed by atoms with van der Waals surface area (Å²) in [5.41, 5.74) is 2.08. The van der Waals surface area contributed by atoms with Gasteiger partial charge in [0.05, 0.1) is 24.8 Å². The highest BCUT2D eigenvalue weighted by Gasteiger charge is 2.36. The molecular formula is C23H23N3O3S2. The molecule has 6 nitrogen and oxygen atoms in total. The lowest BCUT2D eigenvalue weighted by Crippen LogP contribution is -2.52. The predicted molar refractivity (Wildman–Crippen MR) is 123 cm³/mol. The van der Waals surface area contributed by atoms with E-state index in [0.717, 1.165) is 12.1 Å². The third kappa shape index (κ3) is 3.70. The summed E-state index contributed by atoms with van der Waals surface area (Å²) in [7, 11) is 1.60. The molecule has 0 saturated heterocycles. The number of ether oxygens (including phenoxy) is 1. The number of hydrogen-bond acceptors (Lipinski definition) is 6. The molecule has 2 atom stereocenters. The lowest BCUT2D eigenvalue weighted by molar-refractivity contribution is -0.132. The van der Waals surface area contributed by atoms with Crippen molar-refractivity contribution in [3.8, 4) is 5.75 Å². The lowest BCUT2D eigenvalue weighted by Gasteiger charge is -2.39. The maximum absolute atomic E-state index is 13.6. The Labute approximate surface area is 189 Å². The predicted octanol–water partition coefficient (Wildman–Crippen LogP) is 3.30.